The lowest BCUT2D eigenvalue weighted by Gasteiger charge is -2.15. The molecule has 2 heterocycles. The highest BCUT2D eigenvalue weighted by Crippen LogP contribution is 2.40. The Labute approximate surface area is 127 Å². The summed E-state index contributed by atoms with van der Waals surface area (Å²) in [5, 5.41) is 2.19. The van der Waals surface area contributed by atoms with Crippen LogP contribution in [-0.2, 0) is 5.41 Å². The first-order valence-electron chi connectivity index (χ1n) is 5.36. The van der Waals surface area contributed by atoms with Gasteiger partial charge in [0.05, 0.1) is 8.61 Å². The lowest BCUT2D eigenvalue weighted by atomic mass is 9.95. The number of thiophene rings is 2. The topological polar surface area (TPSA) is 0 Å². The molecule has 17 heavy (non-hydrogen) atoms. The van der Waals surface area contributed by atoms with Gasteiger partial charge in [0.15, 0.2) is 0 Å². The van der Waals surface area contributed by atoms with Crippen LogP contribution in [-0.4, -0.2) is 0 Å². The Morgan fingerprint density at radius 2 is 1.94 bits per heavy atom. The molecular formula is C13H14Br2S2. The van der Waals surface area contributed by atoms with Gasteiger partial charge in [0, 0.05) is 9.75 Å². The fourth-order valence-electron chi connectivity index (χ4n) is 1.51. The maximum Gasteiger partial charge on any atom is 0.0746 e. The van der Waals surface area contributed by atoms with Crippen molar-refractivity contribution in [1.29, 1.82) is 0 Å². The summed E-state index contributed by atoms with van der Waals surface area (Å²) in [5.41, 5.74) is 1.56. The fourth-order valence-corrected chi connectivity index (χ4v) is 4.66. The Kier molecular flexibility index (Phi) is 4.18. The first-order chi connectivity index (χ1) is 7.88. The average molecular weight is 394 g/mol. The van der Waals surface area contributed by atoms with Gasteiger partial charge >= 0.3 is 0 Å². The molecule has 0 radical (unpaired) electrons. The van der Waals surface area contributed by atoms with Crippen molar-refractivity contribution in [2.45, 2.75) is 31.0 Å². The van der Waals surface area contributed by atoms with E-state index in [-0.39, 0.29) is 5.41 Å². The van der Waals surface area contributed by atoms with E-state index >= 15 is 0 Å². The zero-order chi connectivity index (χ0) is 12.6. The molecule has 2 aromatic rings. The first-order valence-corrected chi connectivity index (χ1v) is 8.76. The van der Waals surface area contributed by atoms with Crippen LogP contribution in [0.4, 0.5) is 0 Å². The molecule has 0 aliphatic carbocycles. The van der Waals surface area contributed by atoms with Crippen molar-refractivity contribution in [2.75, 3.05) is 0 Å². The Bertz CT molecular complexity index is 505. The van der Waals surface area contributed by atoms with Gasteiger partial charge in [0.2, 0.25) is 0 Å². The summed E-state index contributed by atoms with van der Waals surface area (Å²) in [6, 6.07) is 6.66. The second-order valence-corrected chi connectivity index (χ2v) is 9.32. The Hall–Kier alpha value is 0.360. The van der Waals surface area contributed by atoms with Gasteiger partial charge < -0.3 is 0 Å². The second kappa shape index (κ2) is 5.16. The van der Waals surface area contributed by atoms with Crippen LogP contribution in [0.15, 0.2) is 27.4 Å². The van der Waals surface area contributed by atoms with E-state index in [1.54, 1.807) is 11.3 Å². The third-order valence-corrected chi connectivity index (χ3v) is 6.92. The van der Waals surface area contributed by atoms with Crippen LogP contribution in [0.1, 0.15) is 40.9 Å². The number of rotatable bonds is 2. The maximum atomic E-state index is 3.78. The molecule has 0 N–H and O–H groups in total. The largest absolute Gasteiger partial charge is 0.143 e. The molecule has 1 unspecified atom stereocenters. The van der Waals surface area contributed by atoms with Crippen LogP contribution in [0.3, 0.4) is 0 Å². The van der Waals surface area contributed by atoms with Gasteiger partial charge in [-0.2, -0.15) is 0 Å². The van der Waals surface area contributed by atoms with Gasteiger partial charge in [-0.15, -0.1) is 22.7 Å². The molecule has 0 nitrogen and oxygen atoms in total. The monoisotopic (exact) mass is 392 g/mol. The van der Waals surface area contributed by atoms with Gasteiger partial charge in [-0.05, 0) is 50.5 Å². The van der Waals surface area contributed by atoms with Crippen LogP contribution in [0.5, 0.6) is 0 Å². The van der Waals surface area contributed by atoms with Crippen molar-refractivity contribution in [3.63, 3.8) is 0 Å². The number of hydrogen-bond acceptors (Lipinski definition) is 2. The predicted octanol–water partition coefficient (Wildman–Crippen LogP) is 6.35. The SMILES string of the molecule is CC(C)(C)c1ccc(C(Br)c2csc(Br)c2)s1. The molecule has 0 amide bonds. The number of halogens is 2. The van der Waals surface area contributed by atoms with E-state index in [9.17, 15) is 0 Å². The van der Waals surface area contributed by atoms with E-state index in [2.05, 4.69) is 76.2 Å². The Morgan fingerprint density at radius 1 is 1.24 bits per heavy atom. The molecule has 2 rings (SSSR count). The number of alkyl halides is 1. The summed E-state index contributed by atoms with van der Waals surface area (Å²) in [4.78, 5) is 3.12. The normalized spacial score (nSPS) is 13.9. The van der Waals surface area contributed by atoms with Crippen LogP contribution >= 0.6 is 54.5 Å². The van der Waals surface area contributed by atoms with Crippen LogP contribution in [0.25, 0.3) is 0 Å². The molecule has 2 aromatic heterocycles. The molecular weight excluding hydrogens is 380 g/mol. The minimum absolute atomic E-state index is 0.241. The summed E-state index contributed by atoms with van der Waals surface area (Å²) in [6.45, 7) is 6.77. The zero-order valence-corrected chi connectivity index (χ0v) is 14.8. The lowest BCUT2D eigenvalue weighted by molar-refractivity contribution is 0.604. The highest BCUT2D eigenvalue weighted by Gasteiger charge is 2.19. The van der Waals surface area contributed by atoms with Gasteiger partial charge in [-0.25, -0.2) is 0 Å². The molecule has 0 aliphatic rings. The average Bonchev–Trinajstić information content (AvgIpc) is 2.83. The predicted molar refractivity (Wildman–Crippen MR) is 85.8 cm³/mol. The van der Waals surface area contributed by atoms with E-state index < -0.39 is 0 Å². The fraction of sp³-hybridized carbons (Fsp3) is 0.385. The van der Waals surface area contributed by atoms with Crippen LogP contribution in [0.2, 0.25) is 0 Å². The van der Waals surface area contributed by atoms with Crippen molar-refractivity contribution in [3.8, 4) is 0 Å². The zero-order valence-electron chi connectivity index (χ0n) is 9.96. The molecule has 0 saturated heterocycles. The van der Waals surface area contributed by atoms with Gasteiger partial charge in [-0.3, -0.25) is 0 Å². The molecule has 92 valence electrons. The van der Waals surface area contributed by atoms with Crippen molar-refractivity contribution < 1.29 is 0 Å². The second-order valence-electron chi connectivity index (χ2n) is 5.00. The molecule has 0 saturated carbocycles. The summed E-state index contributed by atoms with van der Waals surface area (Å²) < 4.78 is 1.18. The Balaban J connectivity index is 2.26. The van der Waals surface area contributed by atoms with Crippen molar-refractivity contribution >= 4 is 54.5 Å². The number of hydrogen-bond donors (Lipinski definition) is 0. The van der Waals surface area contributed by atoms with E-state index in [1.807, 2.05) is 11.3 Å². The quantitative estimate of drug-likeness (QED) is 0.521. The van der Waals surface area contributed by atoms with Crippen LogP contribution < -0.4 is 0 Å². The summed E-state index contributed by atoms with van der Waals surface area (Å²) in [7, 11) is 0. The van der Waals surface area contributed by atoms with Gasteiger partial charge in [0.25, 0.3) is 0 Å². The third-order valence-electron chi connectivity index (χ3n) is 2.50. The van der Waals surface area contributed by atoms with E-state index in [1.165, 1.54) is 19.1 Å². The molecule has 4 heteroatoms. The van der Waals surface area contributed by atoms with Gasteiger partial charge in [-0.1, -0.05) is 36.7 Å². The standard InChI is InChI=1S/C13H14Br2S2/c1-13(2,3)10-5-4-9(17-10)12(15)8-6-11(14)16-7-8/h4-7,12H,1-3H3. The summed E-state index contributed by atoms with van der Waals surface area (Å²) >= 11 is 10.9. The minimum Gasteiger partial charge on any atom is -0.143 e. The van der Waals surface area contributed by atoms with E-state index in [0.717, 1.165) is 0 Å². The van der Waals surface area contributed by atoms with Crippen molar-refractivity contribution in [2.24, 2.45) is 0 Å². The molecule has 0 aliphatic heterocycles. The smallest absolute Gasteiger partial charge is 0.0746 e. The molecule has 1 atom stereocenters. The highest BCUT2D eigenvalue weighted by molar-refractivity contribution is 9.11. The Morgan fingerprint density at radius 3 is 2.41 bits per heavy atom. The van der Waals surface area contributed by atoms with E-state index in [4.69, 9.17) is 0 Å². The minimum atomic E-state index is 0.241. The highest BCUT2D eigenvalue weighted by atomic mass is 79.9. The molecule has 0 aromatic carbocycles. The summed E-state index contributed by atoms with van der Waals surface area (Å²) in [5.74, 6) is 0. The van der Waals surface area contributed by atoms with Crippen LogP contribution in [0, 0.1) is 0 Å². The van der Waals surface area contributed by atoms with Crippen molar-refractivity contribution in [1.82, 2.24) is 0 Å². The molecule has 0 spiro atoms. The maximum absolute atomic E-state index is 3.78. The first kappa shape index (κ1) is 13.8. The lowest BCUT2D eigenvalue weighted by Crippen LogP contribution is -2.07. The van der Waals surface area contributed by atoms with E-state index in [0.29, 0.717) is 4.83 Å². The summed E-state index contributed by atoms with van der Waals surface area (Å²) in [6.07, 6.45) is 0. The third kappa shape index (κ3) is 3.22. The molecule has 0 bridgehead atoms. The molecule has 0 fully saturated rings. The van der Waals surface area contributed by atoms with Gasteiger partial charge in [0.1, 0.15) is 0 Å². The van der Waals surface area contributed by atoms with Crippen molar-refractivity contribution in [3.05, 3.63) is 42.7 Å².